The van der Waals surface area contributed by atoms with Crippen LogP contribution in [0.25, 0.3) is 0 Å². The van der Waals surface area contributed by atoms with E-state index < -0.39 is 36.2 Å². The van der Waals surface area contributed by atoms with Crippen LogP contribution in [-0.2, 0) is 0 Å². The Bertz CT molecular complexity index is 219. The first-order valence-electron chi connectivity index (χ1n) is 4.18. The third-order valence-electron chi connectivity index (χ3n) is 2.88. The summed E-state index contributed by atoms with van der Waals surface area (Å²) in [6.07, 6.45) is -5.20. The largest absolute Gasteiger partial charge is 0.391 e. The second-order valence-corrected chi connectivity index (χ2v) is 3.79. The molecule has 6 heteroatoms. The molecule has 0 amide bonds. The summed E-state index contributed by atoms with van der Waals surface area (Å²) in [6.45, 7) is 0. The number of piperidine rings is 1. The highest BCUT2D eigenvalue weighted by molar-refractivity contribution is 5.11. The molecule has 0 radical (unpaired) electrons. The van der Waals surface area contributed by atoms with Crippen molar-refractivity contribution in [1.82, 2.24) is 5.32 Å². The van der Waals surface area contributed by atoms with Gasteiger partial charge in [-0.25, -0.2) is 0 Å². The number of hydrogen-bond donors (Lipinski definition) is 6. The van der Waals surface area contributed by atoms with Gasteiger partial charge in [-0.2, -0.15) is 0 Å². The van der Waals surface area contributed by atoms with Gasteiger partial charge >= 0.3 is 0 Å². The van der Waals surface area contributed by atoms with Gasteiger partial charge in [-0.1, -0.05) is 0 Å². The summed E-state index contributed by atoms with van der Waals surface area (Å²) in [5.74, 6) is 0. The van der Waals surface area contributed by atoms with Crippen molar-refractivity contribution in [2.24, 2.45) is 0 Å². The highest BCUT2D eigenvalue weighted by atomic mass is 16.4. The maximum Gasteiger partial charge on any atom is 0.147 e. The number of rotatable bonds is 0. The molecule has 2 rings (SSSR count). The molecule has 0 saturated carbocycles. The van der Waals surface area contributed by atoms with Crippen LogP contribution in [0, 0.1) is 0 Å². The van der Waals surface area contributed by atoms with Crippen LogP contribution in [0.3, 0.4) is 0 Å². The summed E-state index contributed by atoms with van der Waals surface area (Å²) in [5.41, 5.74) is -1.68. The highest BCUT2D eigenvalue weighted by Crippen LogP contribution is 2.34. The molecular weight excluding hydrogens is 178 g/mol. The van der Waals surface area contributed by atoms with Gasteiger partial charge < -0.3 is 25.5 Å². The van der Waals surface area contributed by atoms with Crippen LogP contribution < -0.4 is 5.32 Å². The first-order valence-corrected chi connectivity index (χ1v) is 4.18. The van der Waals surface area contributed by atoms with E-state index in [1.807, 2.05) is 0 Å². The molecule has 0 spiro atoms. The minimum absolute atomic E-state index is 0.0903. The molecule has 0 unspecified atom stereocenters. The van der Waals surface area contributed by atoms with Gasteiger partial charge in [-0.15, -0.1) is 0 Å². The van der Waals surface area contributed by atoms with Gasteiger partial charge in [0.25, 0.3) is 0 Å². The van der Waals surface area contributed by atoms with Crippen LogP contribution in [0.2, 0.25) is 0 Å². The zero-order valence-electron chi connectivity index (χ0n) is 6.83. The van der Waals surface area contributed by atoms with Crippen LogP contribution >= 0.6 is 0 Å². The van der Waals surface area contributed by atoms with Crippen molar-refractivity contribution >= 4 is 0 Å². The van der Waals surface area contributed by atoms with E-state index in [-0.39, 0.29) is 6.42 Å². The number of aliphatic hydroxyl groups excluding tert-OH is 4. The van der Waals surface area contributed by atoms with Crippen LogP contribution in [0.5, 0.6) is 0 Å². The molecule has 0 aliphatic carbocycles. The van der Waals surface area contributed by atoms with Gasteiger partial charge in [0.05, 0.1) is 12.1 Å². The van der Waals surface area contributed by atoms with E-state index in [2.05, 4.69) is 5.32 Å². The van der Waals surface area contributed by atoms with Gasteiger partial charge in [0.1, 0.15) is 24.0 Å². The fraction of sp³-hybridized carbons (Fsp3) is 1.00. The van der Waals surface area contributed by atoms with E-state index >= 15 is 0 Å². The number of fused-ring (bicyclic) bond motifs is 2. The van der Waals surface area contributed by atoms with Gasteiger partial charge in [0.2, 0.25) is 0 Å². The lowest BCUT2D eigenvalue weighted by Gasteiger charge is -2.40. The molecule has 6 N–H and O–H groups in total. The Morgan fingerprint density at radius 1 is 1.08 bits per heavy atom. The summed E-state index contributed by atoms with van der Waals surface area (Å²) >= 11 is 0. The number of aliphatic hydroxyl groups is 5. The molecule has 2 heterocycles. The topological polar surface area (TPSA) is 113 Å². The maximum atomic E-state index is 9.66. The first-order chi connectivity index (χ1) is 5.96. The van der Waals surface area contributed by atoms with E-state index in [9.17, 15) is 25.5 Å². The molecule has 2 bridgehead atoms. The van der Waals surface area contributed by atoms with Crippen LogP contribution in [0.1, 0.15) is 6.42 Å². The third kappa shape index (κ3) is 1.11. The Hall–Kier alpha value is -0.240. The number of nitrogens with one attached hydrogen (secondary N) is 1. The maximum absolute atomic E-state index is 9.66. The van der Waals surface area contributed by atoms with E-state index in [1.165, 1.54) is 0 Å². The zero-order valence-corrected chi connectivity index (χ0v) is 6.83. The second kappa shape index (κ2) is 2.63. The molecule has 2 aliphatic heterocycles. The Balaban J connectivity index is 2.30. The van der Waals surface area contributed by atoms with Gasteiger partial charge in [0, 0.05) is 6.42 Å². The minimum Gasteiger partial charge on any atom is -0.391 e. The molecule has 0 aromatic carbocycles. The van der Waals surface area contributed by atoms with Crippen LogP contribution in [-0.4, -0.2) is 61.7 Å². The monoisotopic (exact) mass is 191 g/mol. The quantitative estimate of drug-likeness (QED) is 0.237. The Kier molecular flexibility index (Phi) is 1.88. The highest BCUT2D eigenvalue weighted by Gasteiger charge is 2.58. The van der Waals surface area contributed by atoms with Crippen LogP contribution in [0.4, 0.5) is 0 Å². The van der Waals surface area contributed by atoms with Crippen LogP contribution in [0.15, 0.2) is 0 Å². The van der Waals surface area contributed by atoms with Crippen molar-refractivity contribution in [3.05, 3.63) is 0 Å². The van der Waals surface area contributed by atoms with E-state index in [0.29, 0.717) is 0 Å². The Labute approximate surface area is 74.4 Å². The molecule has 76 valence electrons. The predicted molar refractivity (Wildman–Crippen MR) is 40.5 cm³/mol. The third-order valence-corrected chi connectivity index (χ3v) is 2.88. The fourth-order valence-corrected chi connectivity index (χ4v) is 2.09. The van der Waals surface area contributed by atoms with E-state index in [1.54, 1.807) is 0 Å². The van der Waals surface area contributed by atoms with Gasteiger partial charge in [0.15, 0.2) is 0 Å². The molecule has 2 saturated heterocycles. The smallest absolute Gasteiger partial charge is 0.147 e. The van der Waals surface area contributed by atoms with Gasteiger partial charge in [-0.05, 0) is 0 Å². The summed E-state index contributed by atoms with van der Waals surface area (Å²) in [5, 5.41) is 49.6. The van der Waals surface area contributed by atoms with Crippen molar-refractivity contribution in [2.75, 3.05) is 0 Å². The van der Waals surface area contributed by atoms with Crippen molar-refractivity contribution < 1.29 is 25.5 Å². The molecule has 0 aromatic heterocycles. The molecule has 13 heavy (non-hydrogen) atoms. The predicted octanol–water partition coefficient (Wildman–Crippen LogP) is -3.51. The Morgan fingerprint density at radius 3 is 2.31 bits per heavy atom. The summed E-state index contributed by atoms with van der Waals surface area (Å²) in [4.78, 5) is 0. The van der Waals surface area contributed by atoms with Crippen molar-refractivity contribution in [2.45, 2.75) is 42.6 Å². The lowest BCUT2D eigenvalue weighted by atomic mass is 9.94. The average Bonchev–Trinajstić information content (AvgIpc) is 2.35. The van der Waals surface area contributed by atoms with Gasteiger partial charge in [-0.3, -0.25) is 5.32 Å². The summed E-state index contributed by atoms with van der Waals surface area (Å²) in [6, 6.07) is -0.775. The lowest BCUT2D eigenvalue weighted by molar-refractivity contribution is -0.187. The summed E-state index contributed by atoms with van der Waals surface area (Å²) < 4.78 is 0. The molecule has 6 nitrogen and oxygen atoms in total. The van der Waals surface area contributed by atoms with Crippen molar-refractivity contribution in [1.29, 1.82) is 0 Å². The molecule has 2 aliphatic rings. The van der Waals surface area contributed by atoms with Crippen molar-refractivity contribution in [3.8, 4) is 0 Å². The standard InChI is InChI=1S/C7H13NO5/c9-2-1-7(13)6(12)5(11)4(10)3(2)8-7/h2-6,8-13H,1H2/t2-,3+,4-,5+,6-,7+/m1/s1. The fourth-order valence-electron chi connectivity index (χ4n) is 2.09. The minimum atomic E-state index is -1.68. The molecule has 6 atom stereocenters. The zero-order chi connectivity index (χ0) is 9.80. The molecule has 2 fully saturated rings. The summed E-state index contributed by atoms with van der Waals surface area (Å²) in [7, 11) is 0. The second-order valence-electron chi connectivity index (χ2n) is 3.79. The average molecular weight is 191 g/mol. The lowest BCUT2D eigenvalue weighted by Crippen LogP contribution is -2.67. The first kappa shape index (κ1) is 9.32. The SMILES string of the molecule is O[C@H]1[C@H](O)[C@@H](O)[C@@]2(O)C[C@@H](O)[C@@H]1N2. The van der Waals surface area contributed by atoms with Crippen molar-refractivity contribution in [3.63, 3.8) is 0 Å². The molecular formula is C7H13NO5. The normalized spacial score (nSPS) is 61.2. The number of hydrogen-bond acceptors (Lipinski definition) is 6. The molecule has 0 aromatic rings. The Morgan fingerprint density at radius 2 is 1.69 bits per heavy atom. The van der Waals surface area contributed by atoms with E-state index in [4.69, 9.17) is 0 Å². The van der Waals surface area contributed by atoms with E-state index in [0.717, 1.165) is 0 Å².